The maximum Gasteiger partial charge on any atom is 0.169 e. The second-order valence-corrected chi connectivity index (χ2v) is 4.80. The molecule has 2 rings (SSSR count). The van der Waals surface area contributed by atoms with Gasteiger partial charge in [0.2, 0.25) is 0 Å². The minimum atomic E-state index is -0.483. The lowest BCUT2D eigenvalue weighted by Gasteiger charge is -2.05. The Labute approximate surface area is 94.3 Å². The van der Waals surface area contributed by atoms with Gasteiger partial charge >= 0.3 is 0 Å². The van der Waals surface area contributed by atoms with Crippen LogP contribution in [0, 0.1) is 0 Å². The summed E-state index contributed by atoms with van der Waals surface area (Å²) < 4.78 is 5.72. The van der Waals surface area contributed by atoms with Crippen LogP contribution in [0.3, 0.4) is 0 Å². The second-order valence-electron chi connectivity index (χ2n) is 2.98. The van der Waals surface area contributed by atoms with E-state index in [4.69, 9.17) is 4.42 Å². The van der Waals surface area contributed by atoms with Crippen LogP contribution in [0.5, 0.6) is 0 Å². The Morgan fingerprint density at radius 1 is 1.57 bits per heavy atom. The lowest BCUT2D eigenvalue weighted by Crippen LogP contribution is -1.98. The molecular weight excluding hydrogens is 264 g/mol. The number of thiophene rings is 1. The average molecular weight is 273 g/mol. The van der Waals surface area contributed by atoms with E-state index < -0.39 is 6.10 Å². The molecule has 0 spiro atoms. The highest BCUT2D eigenvalue weighted by Gasteiger charge is 2.11. The summed E-state index contributed by atoms with van der Waals surface area (Å²) in [6.45, 7) is 0. The summed E-state index contributed by atoms with van der Waals surface area (Å²) in [5, 5.41) is 11.8. The van der Waals surface area contributed by atoms with Gasteiger partial charge < -0.3 is 9.52 Å². The topological polar surface area (TPSA) is 33.4 Å². The summed E-state index contributed by atoms with van der Waals surface area (Å²) >= 11 is 4.85. The van der Waals surface area contributed by atoms with Crippen molar-refractivity contribution < 1.29 is 9.52 Å². The molecule has 1 unspecified atom stereocenters. The van der Waals surface area contributed by atoms with Crippen LogP contribution in [-0.4, -0.2) is 5.11 Å². The van der Waals surface area contributed by atoms with Crippen molar-refractivity contribution in [2.24, 2.45) is 0 Å². The van der Waals surface area contributed by atoms with Crippen LogP contribution in [0.2, 0.25) is 0 Å². The van der Waals surface area contributed by atoms with Crippen LogP contribution in [0.25, 0.3) is 0 Å². The van der Waals surface area contributed by atoms with E-state index in [-0.39, 0.29) is 0 Å². The molecule has 1 atom stereocenters. The quantitative estimate of drug-likeness (QED) is 0.930. The predicted molar refractivity (Wildman–Crippen MR) is 59.4 cm³/mol. The molecular formula is C10H9BrO2S. The number of hydrogen-bond donors (Lipinski definition) is 1. The van der Waals surface area contributed by atoms with Crippen LogP contribution >= 0.6 is 27.3 Å². The normalized spacial score (nSPS) is 13.0. The van der Waals surface area contributed by atoms with Crippen LogP contribution in [-0.2, 0) is 6.42 Å². The molecule has 0 saturated carbocycles. The van der Waals surface area contributed by atoms with E-state index in [1.54, 1.807) is 23.7 Å². The van der Waals surface area contributed by atoms with Gasteiger partial charge in [0.25, 0.3) is 0 Å². The maximum atomic E-state index is 9.83. The van der Waals surface area contributed by atoms with Gasteiger partial charge in [-0.25, -0.2) is 0 Å². The molecule has 1 N–H and O–H groups in total. The first kappa shape index (κ1) is 9.96. The minimum Gasteiger partial charge on any atom is -0.457 e. The molecule has 0 aliphatic rings. The van der Waals surface area contributed by atoms with E-state index in [0.717, 1.165) is 5.56 Å². The van der Waals surface area contributed by atoms with Gasteiger partial charge in [-0.1, -0.05) is 6.07 Å². The lowest BCUT2D eigenvalue weighted by atomic mass is 10.1. The molecule has 4 heteroatoms. The minimum absolute atomic E-state index is 0.483. The van der Waals surface area contributed by atoms with E-state index in [9.17, 15) is 5.11 Å². The SMILES string of the molecule is OC(Cc1cccs1)c1coc(Br)c1. The van der Waals surface area contributed by atoms with Crippen molar-refractivity contribution in [1.29, 1.82) is 0 Å². The van der Waals surface area contributed by atoms with Gasteiger partial charge in [0.05, 0.1) is 12.4 Å². The first-order valence-corrected chi connectivity index (χ1v) is 5.87. The van der Waals surface area contributed by atoms with Gasteiger partial charge in [0.15, 0.2) is 4.67 Å². The van der Waals surface area contributed by atoms with Crippen molar-refractivity contribution in [3.63, 3.8) is 0 Å². The Kier molecular flexibility index (Phi) is 3.05. The zero-order valence-electron chi connectivity index (χ0n) is 7.31. The number of rotatable bonds is 3. The van der Waals surface area contributed by atoms with Crippen molar-refractivity contribution in [3.05, 3.63) is 45.0 Å². The highest BCUT2D eigenvalue weighted by molar-refractivity contribution is 9.10. The lowest BCUT2D eigenvalue weighted by molar-refractivity contribution is 0.178. The van der Waals surface area contributed by atoms with Crippen molar-refractivity contribution in [1.82, 2.24) is 0 Å². The monoisotopic (exact) mass is 272 g/mol. The molecule has 74 valence electrons. The van der Waals surface area contributed by atoms with Crippen LogP contribution in [0.4, 0.5) is 0 Å². The van der Waals surface area contributed by atoms with E-state index in [2.05, 4.69) is 15.9 Å². The number of furan rings is 1. The fourth-order valence-corrected chi connectivity index (χ4v) is 2.34. The smallest absolute Gasteiger partial charge is 0.169 e. The largest absolute Gasteiger partial charge is 0.457 e. The van der Waals surface area contributed by atoms with E-state index in [0.29, 0.717) is 11.1 Å². The molecule has 0 radical (unpaired) electrons. The summed E-state index contributed by atoms with van der Waals surface area (Å²) in [7, 11) is 0. The molecule has 0 bridgehead atoms. The highest BCUT2D eigenvalue weighted by Crippen LogP contribution is 2.24. The first-order chi connectivity index (χ1) is 6.75. The maximum absolute atomic E-state index is 9.83. The Balaban J connectivity index is 2.06. The molecule has 0 saturated heterocycles. The van der Waals surface area contributed by atoms with E-state index in [1.807, 2.05) is 17.5 Å². The van der Waals surface area contributed by atoms with Crippen molar-refractivity contribution in [2.45, 2.75) is 12.5 Å². The van der Waals surface area contributed by atoms with Crippen LogP contribution in [0.1, 0.15) is 16.5 Å². The molecule has 14 heavy (non-hydrogen) atoms. The highest BCUT2D eigenvalue weighted by atomic mass is 79.9. The third-order valence-corrected chi connectivity index (χ3v) is 3.26. The Bertz CT molecular complexity index is 394. The Hall–Kier alpha value is -0.580. The second kappa shape index (κ2) is 4.29. The Morgan fingerprint density at radius 3 is 3.00 bits per heavy atom. The molecule has 0 aliphatic heterocycles. The van der Waals surface area contributed by atoms with E-state index in [1.165, 1.54) is 4.88 Å². The summed E-state index contributed by atoms with van der Waals surface area (Å²) in [5.41, 5.74) is 0.810. The van der Waals surface area contributed by atoms with Gasteiger partial charge in [-0.3, -0.25) is 0 Å². The average Bonchev–Trinajstić information content (AvgIpc) is 2.75. The number of aliphatic hydroxyl groups is 1. The van der Waals surface area contributed by atoms with E-state index >= 15 is 0 Å². The number of halogens is 1. The van der Waals surface area contributed by atoms with Crippen molar-refractivity contribution >= 4 is 27.3 Å². The number of hydrogen-bond acceptors (Lipinski definition) is 3. The van der Waals surface area contributed by atoms with Crippen molar-refractivity contribution in [3.8, 4) is 0 Å². The zero-order chi connectivity index (χ0) is 9.97. The van der Waals surface area contributed by atoms with Gasteiger partial charge in [-0.15, -0.1) is 11.3 Å². The van der Waals surface area contributed by atoms with Crippen molar-refractivity contribution in [2.75, 3.05) is 0 Å². The van der Waals surface area contributed by atoms with Crippen LogP contribution in [0.15, 0.2) is 38.9 Å². The summed E-state index contributed by atoms with van der Waals surface area (Å²) in [4.78, 5) is 1.18. The van der Waals surface area contributed by atoms with Gasteiger partial charge in [0.1, 0.15) is 0 Å². The molecule has 0 aromatic carbocycles. The standard InChI is InChI=1S/C10H9BrO2S/c11-10-4-7(6-13-10)9(12)5-8-2-1-3-14-8/h1-4,6,9,12H,5H2. The van der Waals surface area contributed by atoms with Gasteiger partial charge in [-0.2, -0.15) is 0 Å². The summed E-state index contributed by atoms with van der Waals surface area (Å²) in [6.07, 6.45) is 1.73. The van der Waals surface area contributed by atoms with Crippen LogP contribution < -0.4 is 0 Å². The molecule has 0 aliphatic carbocycles. The first-order valence-electron chi connectivity index (χ1n) is 4.20. The molecule has 2 aromatic rings. The Morgan fingerprint density at radius 2 is 2.43 bits per heavy atom. The molecule has 2 heterocycles. The third-order valence-electron chi connectivity index (χ3n) is 1.95. The fourth-order valence-electron chi connectivity index (χ4n) is 1.24. The molecule has 2 aromatic heterocycles. The summed E-state index contributed by atoms with van der Waals surface area (Å²) in [5.74, 6) is 0. The van der Waals surface area contributed by atoms with Gasteiger partial charge in [-0.05, 0) is 33.4 Å². The molecule has 2 nitrogen and oxygen atoms in total. The third kappa shape index (κ3) is 2.26. The summed E-state index contributed by atoms with van der Waals surface area (Å²) in [6, 6.07) is 5.79. The predicted octanol–water partition coefficient (Wildman–Crippen LogP) is 3.38. The number of aliphatic hydroxyl groups excluding tert-OH is 1. The zero-order valence-corrected chi connectivity index (χ0v) is 9.72. The fraction of sp³-hybridized carbons (Fsp3) is 0.200. The molecule has 0 fully saturated rings. The van der Waals surface area contributed by atoms with Gasteiger partial charge in [0, 0.05) is 16.9 Å². The molecule has 0 amide bonds.